The van der Waals surface area contributed by atoms with E-state index in [1.54, 1.807) is 18.4 Å². The number of likely N-dealkylation sites (N-methyl/N-ethyl adjacent to an activating group) is 1. The fourth-order valence-corrected chi connectivity index (χ4v) is 2.58. The maximum atomic E-state index is 10.8. The van der Waals surface area contributed by atoms with E-state index in [1.165, 1.54) is 0 Å². The Bertz CT molecular complexity index is 542. The van der Waals surface area contributed by atoms with Crippen molar-refractivity contribution in [2.75, 3.05) is 19.0 Å². The Kier molecular flexibility index (Phi) is 4.47. The number of aliphatic hydroxyl groups excluding tert-OH is 1. The van der Waals surface area contributed by atoms with Gasteiger partial charge < -0.3 is 19.9 Å². The zero-order valence-corrected chi connectivity index (χ0v) is 11.5. The van der Waals surface area contributed by atoms with Crippen LogP contribution in [0.15, 0.2) is 34.9 Å². The molecule has 2 unspecified atom stereocenters. The predicted molar refractivity (Wildman–Crippen MR) is 75.4 cm³/mol. The molecule has 0 aliphatic carbocycles. The summed E-state index contributed by atoms with van der Waals surface area (Å²) in [6.45, 7) is 2.36. The summed E-state index contributed by atoms with van der Waals surface area (Å²) >= 11 is 5.95. The minimum Gasteiger partial charge on any atom is -0.464 e. The van der Waals surface area contributed by atoms with Crippen molar-refractivity contribution in [1.29, 1.82) is 0 Å². The van der Waals surface area contributed by atoms with E-state index >= 15 is 0 Å². The number of hydrogen-bond donors (Lipinski definition) is 3. The summed E-state index contributed by atoms with van der Waals surface area (Å²) in [5, 5.41) is 24.2. The van der Waals surface area contributed by atoms with Crippen molar-refractivity contribution in [2.45, 2.75) is 18.6 Å². The van der Waals surface area contributed by atoms with Crippen LogP contribution in [0.3, 0.4) is 0 Å². The van der Waals surface area contributed by atoms with Crippen LogP contribution in [-0.2, 0) is 5.60 Å². The van der Waals surface area contributed by atoms with Gasteiger partial charge in [0.05, 0.1) is 24.8 Å². The maximum absolute atomic E-state index is 10.8. The normalized spacial score (nSPS) is 16.4. The van der Waals surface area contributed by atoms with Crippen LogP contribution in [0.2, 0.25) is 0 Å². The molecule has 2 rings (SSSR count). The molecular formula is C14H18ClNO3. The summed E-state index contributed by atoms with van der Waals surface area (Å²) in [6, 6.07) is 6.71. The molecule has 1 aromatic heterocycles. The number of furan rings is 1. The Morgan fingerprint density at radius 2 is 2.21 bits per heavy atom. The van der Waals surface area contributed by atoms with Gasteiger partial charge in [0.25, 0.3) is 0 Å². The van der Waals surface area contributed by atoms with Gasteiger partial charge in [-0.3, -0.25) is 0 Å². The van der Waals surface area contributed by atoms with Crippen LogP contribution in [0.4, 0.5) is 0 Å². The molecule has 0 bridgehead atoms. The quantitative estimate of drug-likeness (QED) is 0.708. The second kappa shape index (κ2) is 5.92. The molecule has 1 heterocycles. The largest absolute Gasteiger partial charge is 0.464 e. The highest BCUT2D eigenvalue weighted by Crippen LogP contribution is 2.30. The minimum absolute atomic E-state index is 0.00537. The zero-order valence-electron chi connectivity index (χ0n) is 10.8. The third-order valence-corrected chi connectivity index (χ3v) is 3.77. The topological polar surface area (TPSA) is 65.6 Å². The Morgan fingerprint density at radius 1 is 1.42 bits per heavy atom. The van der Waals surface area contributed by atoms with Crippen LogP contribution >= 0.6 is 11.6 Å². The molecule has 0 spiro atoms. The number of aliphatic hydroxyl groups is 2. The molecule has 104 valence electrons. The zero-order chi connectivity index (χ0) is 13.9. The molecule has 0 fully saturated rings. The molecule has 0 saturated carbocycles. The number of alkyl halides is 1. The van der Waals surface area contributed by atoms with Gasteiger partial charge in [0.1, 0.15) is 11.2 Å². The van der Waals surface area contributed by atoms with Crippen molar-refractivity contribution in [2.24, 2.45) is 0 Å². The third kappa shape index (κ3) is 2.62. The van der Waals surface area contributed by atoms with Gasteiger partial charge in [0.2, 0.25) is 0 Å². The Morgan fingerprint density at radius 3 is 2.84 bits per heavy atom. The Labute approximate surface area is 117 Å². The van der Waals surface area contributed by atoms with E-state index < -0.39 is 11.6 Å². The third-order valence-electron chi connectivity index (χ3n) is 3.37. The highest BCUT2D eigenvalue weighted by Gasteiger charge is 2.37. The molecule has 0 saturated heterocycles. The molecule has 0 amide bonds. The molecule has 4 nitrogen and oxygen atoms in total. The number of fused-ring (bicyclic) bond motifs is 1. The molecule has 1 aromatic carbocycles. The van der Waals surface area contributed by atoms with Crippen LogP contribution in [0.5, 0.6) is 0 Å². The summed E-state index contributed by atoms with van der Waals surface area (Å²) in [5.41, 5.74) is 0.0960. The fourth-order valence-electron chi connectivity index (χ4n) is 2.24. The van der Waals surface area contributed by atoms with E-state index in [2.05, 4.69) is 5.32 Å². The summed E-state index contributed by atoms with van der Waals surface area (Å²) in [4.78, 5) is 0. The number of hydrogen-bond acceptors (Lipinski definition) is 4. The monoisotopic (exact) mass is 283 g/mol. The van der Waals surface area contributed by atoms with E-state index in [-0.39, 0.29) is 12.5 Å². The van der Waals surface area contributed by atoms with Gasteiger partial charge in [-0.1, -0.05) is 13.0 Å². The lowest BCUT2D eigenvalue weighted by atomic mass is 9.87. The van der Waals surface area contributed by atoms with Crippen LogP contribution in [0.1, 0.15) is 12.5 Å². The molecular weight excluding hydrogens is 266 g/mol. The average Bonchev–Trinajstić information content (AvgIpc) is 2.91. The maximum Gasteiger partial charge on any atom is 0.133 e. The van der Waals surface area contributed by atoms with Crippen LogP contribution in [0.25, 0.3) is 11.0 Å². The second-order valence-electron chi connectivity index (χ2n) is 4.52. The van der Waals surface area contributed by atoms with E-state index in [4.69, 9.17) is 16.0 Å². The number of benzene rings is 1. The minimum atomic E-state index is -1.32. The van der Waals surface area contributed by atoms with Crippen molar-refractivity contribution in [3.63, 3.8) is 0 Å². The smallest absolute Gasteiger partial charge is 0.133 e. The number of halogens is 1. The first-order valence-corrected chi connectivity index (χ1v) is 6.79. The van der Waals surface area contributed by atoms with Crippen molar-refractivity contribution < 1.29 is 14.6 Å². The van der Waals surface area contributed by atoms with Crippen molar-refractivity contribution in [3.8, 4) is 0 Å². The molecule has 0 aliphatic heterocycles. The first kappa shape index (κ1) is 14.3. The van der Waals surface area contributed by atoms with Gasteiger partial charge in [-0.05, 0) is 30.3 Å². The van der Waals surface area contributed by atoms with Crippen LogP contribution in [0, 0.1) is 0 Å². The molecule has 5 heteroatoms. The summed E-state index contributed by atoms with van der Waals surface area (Å²) in [6.07, 6.45) is 1.60. The highest BCUT2D eigenvalue weighted by atomic mass is 35.5. The van der Waals surface area contributed by atoms with E-state index in [0.717, 1.165) is 11.0 Å². The van der Waals surface area contributed by atoms with Crippen LogP contribution in [-0.4, -0.2) is 35.3 Å². The highest BCUT2D eigenvalue weighted by molar-refractivity contribution is 6.18. The number of rotatable bonds is 6. The lowest BCUT2D eigenvalue weighted by Gasteiger charge is -2.34. The van der Waals surface area contributed by atoms with Gasteiger partial charge in [-0.15, -0.1) is 11.6 Å². The second-order valence-corrected chi connectivity index (χ2v) is 4.79. The standard InChI is InChI=1S/C14H18ClNO3/c1-2-16-13(8-17)14(18,9-15)11-3-4-12-10(7-11)5-6-19-12/h3-7,13,16-18H,2,8-9H2,1H3. The van der Waals surface area contributed by atoms with Crippen molar-refractivity contribution in [1.82, 2.24) is 5.32 Å². The molecule has 19 heavy (non-hydrogen) atoms. The van der Waals surface area contributed by atoms with Gasteiger partial charge in [0.15, 0.2) is 0 Å². The number of nitrogens with one attached hydrogen (secondary N) is 1. The first-order valence-electron chi connectivity index (χ1n) is 6.26. The average molecular weight is 284 g/mol. The predicted octanol–water partition coefficient (Wildman–Crippen LogP) is 1.83. The SMILES string of the molecule is CCNC(CO)C(O)(CCl)c1ccc2occc2c1. The lowest BCUT2D eigenvalue weighted by Crippen LogP contribution is -2.52. The van der Waals surface area contributed by atoms with Crippen molar-refractivity contribution >= 4 is 22.6 Å². The Balaban J connectivity index is 2.43. The first-order chi connectivity index (χ1) is 9.15. The fraction of sp³-hybridized carbons (Fsp3) is 0.429. The lowest BCUT2D eigenvalue weighted by molar-refractivity contribution is -0.00190. The Hall–Kier alpha value is -1.07. The van der Waals surface area contributed by atoms with Gasteiger partial charge >= 0.3 is 0 Å². The summed E-state index contributed by atoms with van der Waals surface area (Å²) < 4.78 is 5.27. The van der Waals surface area contributed by atoms with Crippen LogP contribution < -0.4 is 5.32 Å². The molecule has 2 aromatic rings. The van der Waals surface area contributed by atoms with Gasteiger partial charge in [-0.2, -0.15) is 0 Å². The van der Waals surface area contributed by atoms with Gasteiger partial charge in [-0.25, -0.2) is 0 Å². The molecule has 0 aliphatic rings. The molecule has 0 radical (unpaired) electrons. The molecule has 3 N–H and O–H groups in total. The summed E-state index contributed by atoms with van der Waals surface area (Å²) in [5.74, 6) is -0.00537. The van der Waals surface area contributed by atoms with E-state index in [1.807, 2.05) is 19.1 Å². The van der Waals surface area contributed by atoms with Gasteiger partial charge in [0, 0.05) is 5.39 Å². The van der Waals surface area contributed by atoms with Crippen molar-refractivity contribution in [3.05, 3.63) is 36.1 Å². The molecule has 2 atom stereocenters. The van der Waals surface area contributed by atoms with E-state index in [9.17, 15) is 10.2 Å². The van der Waals surface area contributed by atoms with E-state index in [0.29, 0.717) is 12.1 Å². The summed E-state index contributed by atoms with van der Waals surface area (Å²) in [7, 11) is 0.